The first-order chi connectivity index (χ1) is 3.84. The number of hydrogen-bond donors (Lipinski definition) is 1. The Labute approximate surface area is 51.3 Å². The van der Waals surface area contributed by atoms with Crippen LogP contribution < -0.4 is 5.73 Å². The third-order valence-corrected chi connectivity index (χ3v) is 2.14. The molecule has 0 unspecified atom stereocenters. The molecule has 0 bridgehead atoms. The maximum atomic E-state index is 5.71. The first-order valence-electron chi connectivity index (χ1n) is 3.60. The van der Waals surface area contributed by atoms with E-state index >= 15 is 0 Å². The number of nitrogens with two attached hydrogens (primary N) is 1. The van der Waals surface area contributed by atoms with Crippen LogP contribution in [0.15, 0.2) is 0 Å². The largest absolute Gasteiger partial charge is 0.327 e. The van der Waals surface area contributed by atoms with E-state index in [0.29, 0.717) is 6.04 Å². The average Bonchev–Trinajstić information content (AvgIpc) is 1.79. The average molecular weight is 113 g/mol. The normalized spacial score (nSPS) is 36.8. The first kappa shape index (κ1) is 6.09. The molecule has 0 radical (unpaired) electrons. The summed E-state index contributed by atoms with van der Waals surface area (Å²) >= 11 is 0. The van der Waals surface area contributed by atoms with E-state index in [1.165, 1.54) is 25.7 Å². The van der Waals surface area contributed by atoms with Crippen molar-refractivity contribution in [3.63, 3.8) is 0 Å². The Balaban J connectivity index is 2.08. The van der Waals surface area contributed by atoms with Gasteiger partial charge in [0.2, 0.25) is 0 Å². The molecule has 1 aliphatic carbocycles. The molecule has 0 saturated heterocycles. The second-order valence-electron chi connectivity index (χ2n) is 2.79. The zero-order valence-electron chi connectivity index (χ0n) is 5.56. The van der Waals surface area contributed by atoms with Crippen LogP contribution in [-0.2, 0) is 0 Å². The van der Waals surface area contributed by atoms with Crippen molar-refractivity contribution in [1.82, 2.24) is 0 Å². The van der Waals surface area contributed by atoms with Crippen LogP contribution in [0, 0.1) is 5.92 Å². The van der Waals surface area contributed by atoms with Crippen molar-refractivity contribution in [3.05, 3.63) is 0 Å². The first-order valence-corrected chi connectivity index (χ1v) is 3.60. The Kier molecular flexibility index (Phi) is 1.90. The van der Waals surface area contributed by atoms with Crippen LogP contribution in [0.4, 0.5) is 0 Å². The van der Waals surface area contributed by atoms with Gasteiger partial charge in [-0.2, -0.15) is 0 Å². The van der Waals surface area contributed by atoms with Gasteiger partial charge in [0.25, 0.3) is 0 Å². The van der Waals surface area contributed by atoms with E-state index in [1.54, 1.807) is 0 Å². The summed E-state index contributed by atoms with van der Waals surface area (Å²) < 4.78 is 0. The molecule has 2 atom stereocenters. The van der Waals surface area contributed by atoms with E-state index in [9.17, 15) is 0 Å². The van der Waals surface area contributed by atoms with E-state index in [2.05, 4.69) is 6.92 Å². The quantitative estimate of drug-likeness (QED) is 0.577. The summed E-state index contributed by atoms with van der Waals surface area (Å²) in [7, 11) is 0. The van der Waals surface area contributed by atoms with Crippen molar-refractivity contribution in [2.75, 3.05) is 0 Å². The van der Waals surface area contributed by atoms with Crippen LogP contribution in [0.1, 0.15) is 32.6 Å². The highest BCUT2D eigenvalue weighted by Gasteiger charge is 2.25. The standard InChI is InChI=1S/C7H15N/c1-2-3-6-4-5-7(6)8/h6-7H,2-5,8H2,1H3/t6-,7-/m1/s1. The van der Waals surface area contributed by atoms with Gasteiger partial charge in [-0.15, -0.1) is 0 Å². The predicted octanol–water partition coefficient (Wildman–Crippen LogP) is 1.52. The molecule has 1 aliphatic rings. The van der Waals surface area contributed by atoms with Gasteiger partial charge in [0.05, 0.1) is 0 Å². The lowest BCUT2D eigenvalue weighted by Gasteiger charge is -2.33. The summed E-state index contributed by atoms with van der Waals surface area (Å²) in [6.07, 6.45) is 5.30. The van der Waals surface area contributed by atoms with Crippen LogP contribution in [0.25, 0.3) is 0 Å². The molecule has 1 saturated carbocycles. The van der Waals surface area contributed by atoms with Gasteiger partial charge in [-0.3, -0.25) is 0 Å². The van der Waals surface area contributed by atoms with Crippen LogP contribution in [0.2, 0.25) is 0 Å². The lowest BCUT2D eigenvalue weighted by molar-refractivity contribution is 0.239. The van der Waals surface area contributed by atoms with Crippen molar-refractivity contribution in [2.24, 2.45) is 11.7 Å². The van der Waals surface area contributed by atoms with Crippen molar-refractivity contribution in [3.8, 4) is 0 Å². The van der Waals surface area contributed by atoms with Crippen LogP contribution in [0.3, 0.4) is 0 Å². The molecule has 2 N–H and O–H groups in total. The second-order valence-corrected chi connectivity index (χ2v) is 2.79. The van der Waals surface area contributed by atoms with Gasteiger partial charge in [-0.1, -0.05) is 13.3 Å². The Morgan fingerprint density at radius 3 is 2.38 bits per heavy atom. The van der Waals surface area contributed by atoms with Gasteiger partial charge in [-0.25, -0.2) is 0 Å². The Morgan fingerprint density at radius 2 is 2.25 bits per heavy atom. The molecule has 8 heavy (non-hydrogen) atoms. The summed E-state index contributed by atoms with van der Waals surface area (Å²) in [5.74, 6) is 0.875. The summed E-state index contributed by atoms with van der Waals surface area (Å²) in [6, 6.07) is 0.551. The second kappa shape index (κ2) is 2.49. The minimum atomic E-state index is 0.551. The fraction of sp³-hybridized carbons (Fsp3) is 1.00. The van der Waals surface area contributed by atoms with Gasteiger partial charge in [0.15, 0.2) is 0 Å². The van der Waals surface area contributed by atoms with E-state index < -0.39 is 0 Å². The zero-order valence-corrected chi connectivity index (χ0v) is 5.56. The highest BCUT2D eigenvalue weighted by molar-refractivity contribution is 4.82. The van der Waals surface area contributed by atoms with Crippen molar-refractivity contribution in [2.45, 2.75) is 38.6 Å². The summed E-state index contributed by atoms with van der Waals surface area (Å²) in [6.45, 7) is 2.23. The molecule has 48 valence electrons. The highest BCUT2D eigenvalue weighted by atomic mass is 14.7. The van der Waals surface area contributed by atoms with E-state index in [0.717, 1.165) is 5.92 Å². The molecule has 1 heteroatoms. The Bertz CT molecular complexity index is 70.8. The van der Waals surface area contributed by atoms with Crippen molar-refractivity contribution >= 4 is 0 Å². The van der Waals surface area contributed by atoms with Gasteiger partial charge >= 0.3 is 0 Å². The van der Waals surface area contributed by atoms with Crippen LogP contribution >= 0.6 is 0 Å². The molecule has 1 fully saturated rings. The van der Waals surface area contributed by atoms with E-state index in [4.69, 9.17) is 5.73 Å². The molecule has 0 aromatic heterocycles. The van der Waals surface area contributed by atoms with Gasteiger partial charge < -0.3 is 5.73 Å². The fourth-order valence-corrected chi connectivity index (χ4v) is 1.32. The lowest BCUT2D eigenvalue weighted by Crippen LogP contribution is -2.38. The van der Waals surface area contributed by atoms with Crippen LogP contribution in [-0.4, -0.2) is 6.04 Å². The SMILES string of the molecule is CCC[C@@H]1CC[C@H]1N. The molecular formula is C7H15N. The minimum absolute atomic E-state index is 0.551. The third-order valence-electron chi connectivity index (χ3n) is 2.14. The number of hydrogen-bond acceptors (Lipinski definition) is 1. The maximum Gasteiger partial charge on any atom is 0.00672 e. The van der Waals surface area contributed by atoms with Gasteiger partial charge in [-0.05, 0) is 25.2 Å². The minimum Gasteiger partial charge on any atom is -0.327 e. The van der Waals surface area contributed by atoms with E-state index in [1.807, 2.05) is 0 Å². The molecular weight excluding hydrogens is 98.1 g/mol. The molecule has 1 rings (SSSR count). The van der Waals surface area contributed by atoms with Crippen LogP contribution in [0.5, 0.6) is 0 Å². The third kappa shape index (κ3) is 1.03. The Morgan fingerprint density at radius 1 is 1.50 bits per heavy atom. The molecule has 0 aliphatic heterocycles. The highest BCUT2D eigenvalue weighted by Crippen LogP contribution is 2.29. The fourth-order valence-electron chi connectivity index (χ4n) is 1.32. The monoisotopic (exact) mass is 113 g/mol. The summed E-state index contributed by atoms with van der Waals surface area (Å²) in [5, 5.41) is 0. The predicted molar refractivity (Wildman–Crippen MR) is 35.6 cm³/mol. The molecule has 0 amide bonds. The van der Waals surface area contributed by atoms with Crippen molar-refractivity contribution in [1.29, 1.82) is 0 Å². The summed E-state index contributed by atoms with van der Waals surface area (Å²) in [4.78, 5) is 0. The van der Waals surface area contributed by atoms with Gasteiger partial charge in [0, 0.05) is 6.04 Å². The molecule has 0 aromatic rings. The van der Waals surface area contributed by atoms with Crippen molar-refractivity contribution < 1.29 is 0 Å². The Hall–Kier alpha value is -0.0400. The molecule has 0 heterocycles. The maximum absolute atomic E-state index is 5.71. The molecule has 1 nitrogen and oxygen atoms in total. The topological polar surface area (TPSA) is 26.0 Å². The van der Waals surface area contributed by atoms with Gasteiger partial charge in [0.1, 0.15) is 0 Å². The molecule has 0 spiro atoms. The lowest BCUT2D eigenvalue weighted by atomic mass is 9.78. The smallest absolute Gasteiger partial charge is 0.00672 e. The summed E-state index contributed by atoms with van der Waals surface area (Å²) in [5.41, 5.74) is 5.71. The van der Waals surface area contributed by atoms with E-state index in [-0.39, 0.29) is 0 Å². The number of rotatable bonds is 2. The molecule has 0 aromatic carbocycles. The zero-order chi connectivity index (χ0) is 5.98.